The molecule has 0 aliphatic rings. The normalized spacial score (nSPS) is 10.5. The van der Waals surface area contributed by atoms with E-state index < -0.39 is 0 Å². The molecule has 4 nitrogen and oxygen atoms in total. The van der Waals surface area contributed by atoms with Crippen LogP contribution in [0, 0.1) is 0 Å². The van der Waals surface area contributed by atoms with Crippen LogP contribution in [0.3, 0.4) is 0 Å². The Hall–Kier alpha value is -2.40. The molecule has 0 unspecified atom stereocenters. The summed E-state index contributed by atoms with van der Waals surface area (Å²) >= 11 is 1.48. The Labute approximate surface area is 126 Å². The fourth-order valence-corrected chi connectivity index (χ4v) is 2.60. The highest BCUT2D eigenvalue weighted by atomic mass is 32.1. The topological polar surface area (TPSA) is 55.1 Å². The molecule has 0 aliphatic heterocycles. The second kappa shape index (κ2) is 5.93. The number of hydrogen-bond donors (Lipinski definition) is 1. The van der Waals surface area contributed by atoms with E-state index in [9.17, 15) is 4.79 Å². The summed E-state index contributed by atoms with van der Waals surface area (Å²) in [5.41, 5.74) is 3.56. The van der Waals surface area contributed by atoms with Gasteiger partial charge in [0.2, 0.25) is 5.88 Å². The van der Waals surface area contributed by atoms with E-state index in [4.69, 9.17) is 4.52 Å². The monoisotopic (exact) mass is 298 g/mol. The van der Waals surface area contributed by atoms with Crippen molar-refractivity contribution in [3.8, 4) is 11.3 Å². The molecule has 0 aliphatic carbocycles. The summed E-state index contributed by atoms with van der Waals surface area (Å²) in [4.78, 5) is 11.9. The van der Waals surface area contributed by atoms with Gasteiger partial charge in [0.05, 0.1) is 5.56 Å². The molecule has 0 bridgehead atoms. The SMILES string of the molecule is CCc1ccc(-c2cc(NC(=O)c3ccsc3)on2)cc1. The Morgan fingerprint density at radius 1 is 1.29 bits per heavy atom. The number of amides is 1. The minimum absolute atomic E-state index is 0.194. The molecule has 0 saturated heterocycles. The van der Waals surface area contributed by atoms with Crippen LogP contribution < -0.4 is 5.32 Å². The Bertz CT molecular complexity index is 730. The first kappa shape index (κ1) is 13.6. The van der Waals surface area contributed by atoms with E-state index in [-0.39, 0.29) is 5.91 Å². The minimum atomic E-state index is -0.194. The average Bonchev–Trinajstić information content (AvgIpc) is 3.19. The standard InChI is InChI=1S/C16H14N2O2S/c1-2-11-3-5-12(6-4-11)14-9-15(20-18-14)17-16(19)13-7-8-21-10-13/h3-10H,2H2,1H3,(H,17,19). The van der Waals surface area contributed by atoms with Crippen molar-refractivity contribution in [1.82, 2.24) is 5.16 Å². The molecule has 106 valence electrons. The number of carbonyl (C=O) groups excluding carboxylic acids is 1. The zero-order valence-corrected chi connectivity index (χ0v) is 12.3. The van der Waals surface area contributed by atoms with Gasteiger partial charge in [-0.15, -0.1) is 0 Å². The number of carbonyl (C=O) groups is 1. The van der Waals surface area contributed by atoms with Crippen molar-refractivity contribution in [2.45, 2.75) is 13.3 Å². The maximum Gasteiger partial charge on any atom is 0.258 e. The molecule has 5 heteroatoms. The molecule has 2 heterocycles. The Morgan fingerprint density at radius 2 is 2.10 bits per heavy atom. The summed E-state index contributed by atoms with van der Waals surface area (Å²) in [5.74, 6) is 0.154. The van der Waals surface area contributed by atoms with Crippen molar-refractivity contribution in [3.63, 3.8) is 0 Å². The summed E-state index contributed by atoms with van der Waals surface area (Å²) in [6.45, 7) is 2.11. The Morgan fingerprint density at radius 3 is 2.76 bits per heavy atom. The zero-order valence-electron chi connectivity index (χ0n) is 11.5. The molecule has 21 heavy (non-hydrogen) atoms. The van der Waals surface area contributed by atoms with Crippen LogP contribution >= 0.6 is 11.3 Å². The van der Waals surface area contributed by atoms with Gasteiger partial charge in [-0.25, -0.2) is 0 Å². The number of nitrogens with zero attached hydrogens (tertiary/aromatic N) is 1. The van der Waals surface area contributed by atoms with Crippen LogP contribution in [0.2, 0.25) is 0 Å². The lowest BCUT2D eigenvalue weighted by atomic mass is 10.1. The summed E-state index contributed by atoms with van der Waals surface area (Å²) in [6, 6.07) is 11.6. The number of aromatic nitrogens is 1. The molecule has 1 amide bonds. The number of nitrogens with one attached hydrogen (secondary N) is 1. The van der Waals surface area contributed by atoms with E-state index >= 15 is 0 Å². The van der Waals surface area contributed by atoms with E-state index in [1.54, 1.807) is 17.5 Å². The molecule has 0 fully saturated rings. The third-order valence-corrected chi connectivity index (χ3v) is 3.87. The summed E-state index contributed by atoms with van der Waals surface area (Å²) in [6.07, 6.45) is 1.00. The predicted octanol–water partition coefficient (Wildman–Crippen LogP) is 4.22. The molecule has 1 aromatic carbocycles. The quantitative estimate of drug-likeness (QED) is 0.784. The van der Waals surface area contributed by atoms with Gasteiger partial charge in [0, 0.05) is 17.0 Å². The van der Waals surface area contributed by atoms with E-state index in [1.165, 1.54) is 16.9 Å². The molecular formula is C16H14N2O2S. The zero-order chi connectivity index (χ0) is 14.7. The van der Waals surface area contributed by atoms with Gasteiger partial charge in [-0.05, 0) is 23.4 Å². The number of rotatable bonds is 4. The lowest BCUT2D eigenvalue weighted by molar-refractivity contribution is 0.102. The second-order valence-corrected chi connectivity index (χ2v) is 5.37. The number of benzene rings is 1. The number of anilines is 1. The number of hydrogen-bond acceptors (Lipinski definition) is 4. The highest BCUT2D eigenvalue weighted by Gasteiger charge is 2.11. The molecule has 0 atom stereocenters. The van der Waals surface area contributed by atoms with Crippen LogP contribution in [0.1, 0.15) is 22.8 Å². The smallest absolute Gasteiger partial charge is 0.258 e. The number of aryl methyl sites for hydroxylation is 1. The highest BCUT2D eigenvalue weighted by molar-refractivity contribution is 7.08. The molecular weight excluding hydrogens is 284 g/mol. The maximum absolute atomic E-state index is 11.9. The van der Waals surface area contributed by atoms with Gasteiger partial charge in [0.1, 0.15) is 5.69 Å². The van der Waals surface area contributed by atoms with Gasteiger partial charge in [0.15, 0.2) is 0 Å². The fraction of sp³-hybridized carbons (Fsp3) is 0.125. The van der Waals surface area contributed by atoms with Gasteiger partial charge >= 0.3 is 0 Å². The molecule has 0 radical (unpaired) electrons. The lowest BCUT2D eigenvalue weighted by Gasteiger charge is -1.98. The molecule has 0 spiro atoms. The first-order chi connectivity index (χ1) is 10.3. The van der Waals surface area contributed by atoms with Crippen molar-refractivity contribution in [3.05, 3.63) is 58.3 Å². The van der Waals surface area contributed by atoms with Crippen molar-refractivity contribution in [2.24, 2.45) is 0 Å². The molecule has 3 aromatic rings. The van der Waals surface area contributed by atoms with Crippen LogP contribution in [-0.4, -0.2) is 11.1 Å². The van der Waals surface area contributed by atoms with E-state index in [2.05, 4.69) is 29.5 Å². The van der Waals surface area contributed by atoms with Crippen molar-refractivity contribution >= 4 is 23.1 Å². The van der Waals surface area contributed by atoms with Crippen molar-refractivity contribution in [2.75, 3.05) is 5.32 Å². The fourth-order valence-electron chi connectivity index (χ4n) is 1.96. The summed E-state index contributed by atoms with van der Waals surface area (Å²) in [5, 5.41) is 10.3. The third kappa shape index (κ3) is 3.03. The van der Waals surface area contributed by atoms with Crippen LogP contribution in [0.15, 0.2) is 51.7 Å². The van der Waals surface area contributed by atoms with E-state index in [0.29, 0.717) is 17.1 Å². The lowest BCUT2D eigenvalue weighted by Crippen LogP contribution is -2.09. The average molecular weight is 298 g/mol. The van der Waals surface area contributed by atoms with Gasteiger partial charge in [0.25, 0.3) is 5.91 Å². The molecule has 1 N–H and O–H groups in total. The Kier molecular flexibility index (Phi) is 3.83. The molecule has 0 saturated carbocycles. The van der Waals surface area contributed by atoms with E-state index in [1.807, 2.05) is 17.5 Å². The number of thiophene rings is 1. The van der Waals surface area contributed by atoms with E-state index in [0.717, 1.165) is 12.0 Å². The third-order valence-electron chi connectivity index (χ3n) is 3.19. The highest BCUT2D eigenvalue weighted by Crippen LogP contribution is 2.22. The van der Waals surface area contributed by atoms with Gasteiger partial charge in [-0.3, -0.25) is 10.1 Å². The predicted molar refractivity (Wildman–Crippen MR) is 83.6 cm³/mol. The Balaban J connectivity index is 1.75. The van der Waals surface area contributed by atoms with Crippen LogP contribution in [0.5, 0.6) is 0 Å². The summed E-state index contributed by atoms with van der Waals surface area (Å²) < 4.78 is 5.17. The van der Waals surface area contributed by atoms with Crippen molar-refractivity contribution < 1.29 is 9.32 Å². The van der Waals surface area contributed by atoms with Crippen LogP contribution in [0.25, 0.3) is 11.3 Å². The second-order valence-electron chi connectivity index (χ2n) is 4.59. The first-order valence-electron chi connectivity index (χ1n) is 6.66. The van der Waals surface area contributed by atoms with Gasteiger partial charge in [-0.1, -0.05) is 36.3 Å². The van der Waals surface area contributed by atoms with Gasteiger partial charge in [-0.2, -0.15) is 11.3 Å². The molecule has 3 rings (SSSR count). The molecule has 2 aromatic heterocycles. The largest absolute Gasteiger partial charge is 0.338 e. The minimum Gasteiger partial charge on any atom is -0.338 e. The maximum atomic E-state index is 11.9. The van der Waals surface area contributed by atoms with Crippen LogP contribution in [-0.2, 0) is 6.42 Å². The summed E-state index contributed by atoms with van der Waals surface area (Å²) in [7, 11) is 0. The first-order valence-corrected chi connectivity index (χ1v) is 7.60. The van der Waals surface area contributed by atoms with Gasteiger partial charge < -0.3 is 4.52 Å². The van der Waals surface area contributed by atoms with Crippen molar-refractivity contribution in [1.29, 1.82) is 0 Å². The van der Waals surface area contributed by atoms with Crippen LogP contribution in [0.4, 0.5) is 5.88 Å².